The number of carbonyl (C=O) groups excluding carboxylic acids is 1. The van der Waals surface area contributed by atoms with E-state index in [0.717, 1.165) is 42.0 Å². The number of benzene rings is 2. The third-order valence-electron chi connectivity index (χ3n) is 5.64. The fraction of sp³-hybridized carbons (Fsp3) is 0.417. The molecule has 1 aliphatic rings. The summed E-state index contributed by atoms with van der Waals surface area (Å²) in [5, 5.41) is 0. The van der Waals surface area contributed by atoms with Crippen LogP contribution in [0.25, 0.3) is 11.0 Å². The average Bonchev–Trinajstić information content (AvgIpc) is 3.31. The van der Waals surface area contributed by atoms with Gasteiger partial charge in [0.05, 0.1) is 23.6 Å². The van der Waals surface area contributed by atoms with Gasteiger partial charge in [-0.25, -0.2) is 4.98 Å². The Morgan fingerprint density at radius 3 is 2.69 bits per heavy atom. The fourth-order valence-electron chi connectivity index (χ4n) is 4.39. The molecule has 0 aliphatic carbocycles. The highest BCUT2D eigenvalue weighted by atomic mass is 16.5. The minimum absolute atomic E-state index is 0.0519. The van der Waals surface area contributed by atoms with Crippen LogP contribution in [0.15, 0.2) is 42.5 Å². The third-order valence-corrected chi connectivity index (χ3v) is 5.64. The van der Waals surface area contributed by atoms with Crippen molar-refractivity contribution in [1.82, 2.24) is 14.5 Å². The molecule has 5 heteroatoms. The number of nitrogens with zero attached hydrogens (tertiary/aromatic N) is 3. The number of aryl methyl sites for hydroxylation is 2. The first-order chi connectivity index (χ1) is 14.1. The monoisotopic (exact) mass is 391 g/mol. The molecule has 5 nitrogen and oxygen atoms in total. The van der Waals surface area contributed by atoms with Gasteiger partial charge in [0, 0.05) is 13.0 Å². The summed E-state index contributed by atoms with van der Waals surface area (Å²) in [7, 11) is 0. The summed E-state index contributed by atoms with van der Waals surface area (Å²) in [6, 6.07) is 14.5. The van der Waals surface area contributed by atoms with E-state index >= 15 is 0 Å². The molecule has 0 radical (unpaired) electrons. The molecule has 152 valence electrons. The summed E-state index contributed by atoms with van der Waals surface area (Å²) in [4.78, 5) is 19.4. The Bertz CT molecular complexity index is 1000. The lowest BCUT2D eigenvalue weighted by Crippen LogP contribution is -2.31. The van der Waals surface area contributed by atoms with Gasteiger partial charge in [-0.1, -0.05) is 25.1 Å². The molecule has 1 aliphatic heterocycles. The van der Waals surface area contributed by atoms with Crippen molar-refractivity contribution in [3.63, 3.8) is 0 Å². The number of hydrogen-bond acceptors (Lipinski definition) is 3. The van der Waals surface area contributed by atoms with E-state index in [4.69, 9.17) is 9.72 Å². The number of fused-ring (bicyclic) bond motifs is 1. The Morgan fingerprint density at radius 2 is 1.93 bits per heavy atom. The SMILES string of the molecule is CCC(=O)N1CCC[C@H]1c1nc2ccccc2n1CCOc1cc(C)cc(C)c1. The standard InChI is InChI=1S/C24H29N3O2/c1-4-23(28)26-11-7-10-22(26)24-25-20-8-5-6-9-21(20)27(24)12-13-29-19-15-17(2)14-18(3)16-19/h5-6,8-9,14-16,22H,4,7,10-13H2,1-3H3/t22-/m0/s1. The Balaban J connectivity index is 1.61. The second-order valence-corrected chi connectivity index (χ2v) is 7.88. The maximum Gasteiger partial charge on any atom is 0.222 e. The number of aromatic nitrogens is 2. The number of rotatable bonds is 6. The summed E-state index contributed by atoms with van der Waals surface area (Å²) in [5.74, 6) is 2.09. The number of hydrogen-bond donors (Lipinski definition) is 0. The average molecular weight is 392 g/mol. The van der Waals surface area contributed by atoms with E-state index in [1.54, 1.807) is 0 Å². The van der Waals surface area contributed by atoms with Gasteiger partial charge in [-0.2, -0.15) is 0 Å². The molecule has 1 amide bonds. The zero-order chi connectivity index (χ0) is 20.4. The van der Waals surface area contributed by atoms with E-state index in [-0.39, 0.29) is 11.9 Å². The molecule has 0 unspecified atom stereocenters. The molecule has 1 saturated heterocycles. The Morgan fingerprint density at radius 1 is 1.17 bits per heavy atom. The highest BCUT2D eigenvalue weighted by molar-refractivity contribution is 5.78. The molecule has 4 rings (SSSR count). The molecule has 29 heavy (non-hydrogen) atoms. The molecule has 0 N–H and O–H groups in total. The molecule has 3 aromatic rings. The van der Waals surface area contributed by atoms with Gasteiger partial charge in [-0.05, 0) is 62.1 Å². The van der Waals surface area contributed by atoms with Crippen LogP contribution in [0.1, 0.15) is 49.2 Å². The van der Waals surface area contributed by atoms with Gasteiger partial charge >= 0.3 is 0 Å². The van der Waals surface area contributed by atoms with Gasteiger partial charge in [0.15, 0.2) is 0 Å². The van der Waals surface area contributed by atoms with Crippen molar-refractivity contribution in [1.29, 1.82) is 0 Å². The first kappa shape index (κ1) is 19.5. The van der Waals surface area contributed by atoms with Crippen molar-refractivity contribution in [2.75, 3.05) is 13.2 Å². The minimum atomic E-state index is 0.0519. The van der Waals surface area contributed by atoms with Crippen LogP contribution in [0.2, 0.25) is 0 Å². The van der Waals surface area contributed by atoms with Crippen molar-refractivity contribution in [2.24, 2.45) is 0 Å². The predicted octanol–water partition coefficient (Wildman–Crippen LogP) is 4.81. The molecule has 0 bridgehead atoms. The third kappa shape index (κ3) is 4.00. The second kappa shape index (κ2) is 8.27. The van der Waals surface area contributed by atoms with Gasteiger partial charge in [0.2, 0.25) is 5.91 Å². The van der Waals surface area contributed by atoms with E-state index < -0.39 is 0 Å². The maximum atomic E-state index is 12.5. The number of carbonyl (C=O) groups is 1. The molecule has 0 spiro atoms. The van der Waals surface area contributed by atoms with Crippen molar-refractivity contribution in [2.45, 2.75) is 52.6 Å². The Hall–Kier alpha value is -2.82. The predicted molar refractivity (Wildman–Crippen MR) is 115 cm³/mol. The molecule has 0 saturated carbocycles. The zero-order valence-electron chi connectivity index (χ0n) is 17.5. The maximum absolute atomic E-state index is 12.5. The van der Waals surface area contributed by atoms with Gasteiger partial charge in [0.25, 0.3) is 0 Å². The Kier molecular flexibility index (Phi) is 5.56. The van der Waals surface area contributed by atoms with Crippen molar-refractivity contribution >= 4 is 16.9 Å². The molecular formula is C24H29N3O2. The molecule has 2 aromatic carbocycles. The topological polar surface area (TPSA) is 47.4 Å². The zero-order valence-corrected chi connectivity index (χ0v) is 17.5. The van der Waals surface area contributed by atoms with Gasteiger partial charge < -0.3 is 14.2 Å². The van der Waals surface area contributed by atoms with Crippen molar-refractivity contribution in [3.05, 3.63) is 59.4 Å². The highest BCUT2D eigenvalue weighted by Crippen LogP contribution is 2.34. The van der Waals surface area contributed by atoms with E-state index in [0.29, 0.717) is 19.6 Å². The number of amides is 1. The summed E-state index contributed by atoms with van der Waals surface area (Å²) in [6.07, 6.45) is 2.53. The number of imidazole rings is 1. The minimum Gasteiger partial charge on any atom is -0.492 e. The van der Waals surface area contributed by atoms with Gasteiger partial charge in [0.1, 0.15) is 18.2 Å². The van der Waals surface area contributed by atoms with Crippen LogP contribution >= 0.6 is 0 Å². The van der Waals surface area contributed by atoms with E-state index in [1.165, 1.54) is 11.1 Å². The number of para-hydroxylation sites is 2. The normalized spacial score (nSPS) is 16.5. The number of ether oxygens (including phenoxy) is 1. The summed E-state index contributed by atoms with van der Waals surface area (Å²) >= 11 is 0. The lowest BCUT2D eigenvalue weighted by atomic mass is 10.1. The molecule has 1 fully saturated rings. The lowest BCUT2D eigenvalue weighted by Gasteiger charge is -2.25. The summed E-state index contributed by atoms with van der Waals surface area (Å²) < 4.78 is 8.31. The van der Waals surface area contributed by atoms with Gasteiger partial charge in [-0.3, -0.25) is 4.79 Å². The van der Waals surface area contributed by atoms with Crippen LogP contribution in [0.5, 0.6) is 5.75 Å². The van der Waals surface area contributed by atoms with Crippen LogP contribution in [0, 0.1) is 13.8 Å². The second-order valence-electron chi connectivity index (χ2n) is 7.88. The Labute approximate surface area is 172 Å². The van der Waals surface area contributed by atoms with Crippen molar-refractivity contribution in [3.8, 4) is 5.75 Å². The van der Waals surface area contributed by atoms with Gasteiger partial charge in [-0.15, -0.1) is 0 Å². The van der Waals surface area contributed by atoms with Crippen LogP contribution in [0.4, 0.5) is 0 Å². The van der Waals surface area contributed by atoms with Crippen LogP contribution < -0.4 is 4.74 Å². The smallest absolute Gasteiger partial charge is 0.222 e. The summed E-state index contributed by atoms with van der Waals surface area (Å²) in [5.41, 5.74) is 4.48. The first-order valence-corrected chi connectivity index (χ1v) is 10.5. The first-order valence-electron chi connectivity index (χ1n) is 10.5. The molecule has 1 aromatic heterocycles. The van der Waals surface area contributed by atoms with E-state index in [2.05, 4.69) is 42.7 Å². The van der Waals surface area contributed by atoms with E-state index in [9.17, 15) is 4.79 Å². The van der Waals surface area contributed by atoms with Crippen LogP contribution in [-0.2, 0) is 11.3 Å². The quantitative estimate of drug-likeness (QED) is 0.606. The lowest BCUT2D eigenvalue weighted by molar-refractivity contribution is -0.131. The highest BCUT2D eigenvalue weighted by Gasteiger charge is 2.32. The van der Waals surface area contributed by atoms with Crippen LogP contribution in [0.3, 0.4) is 0 Å². The van der Waals surface area contributed by atoms with Crippen molar-refractivity contribution < 1.29 is 9.53 Å². The molecular weight excluding hydrogens is 362 g/mol. The molecule has 1 atom stereocenters. The summed E-state index contributed by atoms with van der Waals surface area (Å²) in [6.45, 7) is 8.18. The molecule has 2 heterocycles. The fourth-order valence-corrected chi connectivity index (χ4v) is 4.39. The van der Waals surface area contributed by atoms with Crippen LogP contribution in [-0.4, -0.2) is 33.5 Å². The van der Waals surface area contributed by atoms with E-state index in [1.807, 2.05) is 30.0 Å². The number of likely N-dealkylation sites (tertiary alicyclic amines) is 1. The largest absolute Gasteiger partial charge is 0.492 e.